The molecule has 0 saturated carbocycles. The average Bonchev–Trinajstić information content (AvgIpc) is 2.89. The molecule has 1 aliphatic heterocycles. The summed E-state index contributed by atoms with van der Waals surface area (Å²) in [6.07, 6.45) is -2.51. The molecule has 1 atom stereocenters. The van der Waals surface area contributed by atoms with Gasteiger partial charge in [-0.2, -0.15) is 23.5 Å². The molecular formula is C27H23F3N6. The molecule has 0 unspecified atom stereocenters. The van der Waals surface area contributed by atoms with Crippen LogP contribution in [0.1, 0.15) is 29.3 Å². The number of piperazine rings is 1. The van der Waals surface area contributed by atoms with E-state index in [-0.39, 0.29) is 6.04 Å². The second-order valence-electron chi connectivity index (χ2n) is 8.90. The molecule has 9 heteroatoms. The van der Waals surface area contributed by atoms with Crippen LogP contribution in [0.3, 0.4) is 0 Å². The summed E-state index contributed by atoms with van der Waals surface area (Å²) in [6.45, 7) is 3.92. The maximum absolute atomic E-state index is 13.6. The quantitative estimate of drug-likeness (QED) is 0.392. The predicted molar refractivity (Wildman–Crippen MR) is 132 cm³/mol. The van der Waals surface area contributed by atoms with Crippen LogP contribution in [-0.2, 0) is 12.6 Å². The summed E-state index contributed by atoms with van der Waals surface area (Å²) >= 11 is 0. The molecule has 4 aromatic rings. The van der Waals surface area contributed by atoms with E-state index in [2.05, 4.69) is 38.0 Å². The lowest BCUT2D eigenvalue weighted by Crippen LogP contribution is -2.52. The number of fused-ring (bicyclic) bond motifs is 1. The molecule has 1 saturated heterocycles. The Morgan fingerprint density at radius 1 is 1.00 bits per heavy atom. The molecule has 0 aliphatic carbocycles. The monoisotopic (exact) mass is 488 g/mol. The Morgan fingerprint density at radius 2 is 1.81 bits per heavy atom. The van der Waals surface area contributed by atoms with Gasteiger partial charge in [0.15, 0.2) is 5.82 Å². The molecule has 0 spiro atoms. The number of nitriles is 1. The van der Waals surface area contributed by atoms with Gasteiger partial charge in [0, 0.05) is 49.1 Å². The van der Waals surface area contributed by atoms with Crippen molar-refractivity contribution < 1.29 is 13.2 Å². The first-order valence-corrected chi connectivity index (χ1v) is 11.6. The van der Waals surface area contributed by atoms with E-state index in [0.29, 0.717) is 53.9 Å². The van der Waals surface area contributed by atoms with Crippen molar-refractivity contribution in [3.8, 4) is 6.07 Å². The molecule has 0 bridgehead atoms. The van der Waals surface area contributed by atoms with E-state index in [4.69, 9.17) is 5.26 Å². The Kier molecular flexibility index (Phi) is 6.18. The van der Waals surface area contributed by atoms with Crippen molar-refractivity contribution in [2.75, 3.05) is 29.4 Å². The topological polar surface area (TPSA) is 68.9 Å². The fourth-order valence-corrected chi connectivity index (χ4v) is 4.64. The molecule has 5 rings (SSSR count). The summed E-state index contributed by atoms with van der Waals surface area (Å²) < 4.78 is 40.7. The molecule has 1 aliphatic rings. The maximum Gasteiger partial charge on any atom is 0.416 e. The Hall–Kier alpha value is -4.19. The van der Waals surface area contributed by atoms with E-state index in [1.165, 1.54) is 12.1 Å². The minimum atomic E-state index is -4.45. The van der Waals surface area contributed by atoms with Gasteiger partial charge >= 0.3 is 6.18 Å². The summed E-state index contributed by atoms with van der Waals surface area (Å²) in [4.78, 5) is 8.63. The van der Waals surface area contributed by atoms with Gasteiger partial charge in [0.25, 0.3) is 0 Å². The van der Waals surface area contributed by atoms with Crippen LogP contribution in [0.2, 0.25) is 0 Å². The van der Waals surface area contributed by atoms with Gasteiger partial charge in [-0.25, -0.2) is 4.98 Å². The Morgan fingerprint density at radius 3 is 2.47 bits per heavy atom. The van der Waals surface area contributed by atoms with Gasteiger partial charge in [0.05, 0.1) is 16.8 Å². The maximum atomic E-state index is 13.6. The number of nitrogens with zero attached hydrogens (tertiary/aromatic N) is 6. The predicted octanol–water partition coefficient (Wildman–Crippen LogP) is 5.22. The Bertz CT molecular complexity index is 1410. The highest BCUT2D eigenvalue weighted by atomic mass is 19.4. The molecule has 36 heavy (non-hydrogen) atoms. The van der Waals surface area contributed by atoms with E-state index in [0.717, 1.165) is 17.4 Å². The SMILES string of the molecule is C[C@@H]1CN(c2nnc(Cc3ccccc3)c3cc(C(F)(F)F)ccc23)CCN1c1ccc(C#N)cn1. The van der Waals surface area contributed by atoms with Crippen molar-refractivity contribution in [3.05, 3.63) is 89.2 Å². The van der Waals surface area contributed by atoms with Crippen LogP contribution in [0.4, 0.5) is 24.8 Å². The van der Waals surface area contributed by atoms with Crippen molar-refractivity contribution in [3.63, 3.8) is 0 Å². The van der Waals surface area contributed by atoms with Gasteiger partial charge in [-0.05, 0) is 42.8 Å². The standard InChI is InChI=1S/C27H23F3N6/c1-18-17-35(11-12-36(18)25-10-7-20(15-31)16-32-25)26-22-9-8-21(27(28,29)30)14-23(22)24(33-34-26)13-19-5-3-2-4-6-19/h2-10,14,16,18H,11-13,17H2,1H3/t18-/m1/s1. The first-order valence-electron chi connectivity index (χ1n) is 11.6. The van der Waals surface area contributed by atoms with Crippen LogP contribution in [0, 0.1) is 11.3 Å². The summed E-state index contributed by atoms with van der Waals surface area (Å²) in [7, 11) is 0. The van der Waals surface area contributed by atoms with Gasteiger partial charge in [-0.15, -0.1) is 5.10 Å². The van der Waals surface area contributed by atoms with Crippen LogP contribution in [-0.4, -0.2) is 40.9 Å². The minimum Gasteiger partial charge on any atom is -0.351 e. The highest BCUT2D eigenvalue weighted by Crippen LogP contribution is 2.35. The van der Waals surface area contributed by atoms with Crippen LogP contribution in [0.5, 0.6) is 0 Å². The number of hydrogen-bond acceptors (Lipinski definition) is 6. The first kappa shape index (κ1) is 23.5. The van der Waals surface area contributed by atoms with E-state index in [1.54, 1.807) is 12.3 Å². The molecule has 0 N–H and O–H groups in total. The average molecular weight is 489 g/mol. The van der Waals surface area contributed by atoms with Crippen molar-refractivity contribution in [2.45, 2.75) is 25.6 Å². The number of aromatic nitrogens is 3. The summed E-state index contributed by atoms with van der Waals surface area (Å²) in [6, 6.07) is 19.0. The van der Waals surface area contributed by atoms with Crippen LogP contribution < -0.4 is 9.80 Å². The number of benzene rings is 2. The molecule has 1 fully saturated rings. The highest BCUT2D eigenvalue weighted by molar-refractivity contribution is 5.94. The lowest BCUT2D eigenvalue weighted by atomic mass is 10.0. The summed E-state index contributed by atoms with van der Waals surface area (Å²) in [5, 5.41) is 19.0. The third-order valence-corrected chi connectivity index (χ3v) is 6.48. The fraction of sp³-hybridized carbons (Fsp3) is 0.259. The van der Waals surface area contributed by atoms with Gasteiger partial charge < -0.3 is 9.80 Å². The number of anilines is 2. The molecule has 182 valence electrons. The second kappa shape index (κ2) is 9.46. The van der Waals surface area contributed by atoms with Crippen molar-refractivity contribution in [2.24, 2.45) is 0 Å². The van der Waals surface area contributed by atoms with E-state index < -0.39 is 11.7 Å². The van der Waals surface area contributed by atoms with Crippen LogP contribution >= 0.6 is 0 Å². The number of halogens is 3. The number of hydrogen-bond donors (Lipinski definition) is 0. The van der Waals surface area contributed by atoms with Gasteiger partial charge in [-0.3, -0.25) is 0 Å². The molecule has 6 nitrogen and oxygen atoms in total. The third-order valence-electron chi connectivity index (χ3n) is 6.48. The number of pyridine rings is 1. The van der Waals surface area contributed by atoms with Gasteiger partial charge in [0.2, 0.25) is 0 Å². The minimum absolute atomic E-state index is 0.0643. The first-order chi connectivity index (χ1) is 17.3. The zero-order chi connectivity index (χ0) is 25.3. The molecule has 0 amide bonds. The smallest absolute Gasteiger partial charge is 0.351 e. The Balaban J connectivity index is 1.48. The van der Waals surface area contributed by atoms with E-state index >= 15 is 0 Å². The van der Waals surface area contributed by atoms with E-state index in [9.17, 15) is 13.2 Å². The van der Waals surface area contributed by atoms with Crippen molar-refractivity contribution >= 4 is 22.4 Å². The fourth-order valence-electron chi connectivity index (χ4n) is 4.64. The summed E-state index contributed by atoms with van der Waals surface area (Å²) in [5.74, 6) is 1.36. The number of alkyl halides is 3. The second-order valence-corrected chi connectivity index (χ2v) is 8.90. The van der Waals surface area contributed by atoms with Gasteiger partial charge in [-0.1, -0.05) is 30.3 Å². The molecule has 0 radical (unpaired) electrons. The summed E-state index contributed by atoms with van der Waals surface area (Å²) in [5.41, 5.74) is 1.27. The number of rotatable bonds is 4. The van der Waals surface area contributed by atoms with Crippen molar-refractivity contribution in [1.29, 1.82) is 5.26 Å². The van der Waals surface area contributed by atoms with Gasteiger partial charge in [0.1, 0.15) is 11.9 Å². The lowest BCUT2D eigenvalue weighted by molar-refractivity contribution is -0.137. The lowest BCUT2D eigenvalue weighted by Gasteiger charge is -2.41. The normalized spacial score (nSPS) is 16.2. The molecule has 2 aromatic carbocycles. The zero-order valence-electron chi connectivity index (χ0n) is 19.6. The van der Waals surface area contributed by atoms with E-state index in [1.807, 2.05) is 36.4 Å². The molecule has 2 aromatic heterocycles. The highest BCUT2D eigenvalue weighted by Gasteiger charge is 2.32. The molecule has 3 heterocycles. The molecular weight excluding hydrogens is 465 g/mol. The largest absolute Gasteiger partial charge is 0.416 e. The Labute approximate surface area is 206 Å². The van der Waals surface area contributed by atoms with Crippen LogP contribution in [0.15, 0.2) is 66.9 Å². The van der Waals surface area contributed by atoms with Crippen LogP contribution in [0.25, 0.3) is 10.8 Å². The third kappa shape index (κ3) is 4.67. The van der Waals surface area contributed by atoms with Crippen molar-refractivity contribution in [1.82, 2.24) is 15.2 Å². The zero-order valence-corrected chi connectivity index (χ0v) is 19.6.